The molecule has 3 N–H and O–H groups in total. The summed E-state index contributed by atoms with van der Waals surface area (Å²) >= 11 is 0. The molecule has 0 amide bonds. The molecular weight excluding hydrogens is 168 g/mol. The number of nitrogens with two attached hydrogens (primary N) is 1. The van der Waals surface area contributed by atoms with E-state index in [4.69, 9.17) is 10.8 Å². The second-order valence-electron chi connectivity index (χ2n) is 3.75. The molecule has 13 heavy (non-hydrogen) atoms. The van der Waals surface area contributed by atoms with Gasteiger partial charge in [-0.1, -0.05) is 13.3 Å². The molecule has 1 heterocycles. The van der Waals surface area contributed by atoms with Gasteiger partial charge in [0, 0.05) is 19.1 Å². The van der Waals surface area contributed by atoms with Crippen molar-refractivity contribution >= 4 is 5.97 Å². The molecular formula is C9H18N2O2. The highest BCUT2D eigenvalue weighted by molar-refractivity contribution is 5.69. The Morgan fingerprint density at radius 2 is 2.38 bits per heavy atom. The Balaban J connectivity index is 2.40. The lowest BCUT2D eigenvalue weighted by molar-refractivity contribution is -0.138. The van der Waals surface area contributed by atoms with Crippen LogP contribution in [0, 0.1) is 5.92 Å². The number of piperidine rings is 1. The lowest BCUT2D eigenvalue weighted by Crippen LogP contribution is -2.48. The van der Waals surface area contributed by atoms with Crippen LogP contribution in [0.3, 0.4) is 0 Å². The molecule has 0 bridgehead atoms. The molecule has 0 radical (unpaired) electrons. The van der Waals surface area contributed by atoms with E-state index in [1.54, 1.807) is 0 Å². The summed E-state index contributed by atoms with van der Waals surface area (Å²) in [6.07, 6.45) is 1.96. The Labute approximate surface area is 78.7 Å². The molecule has 4 heteroatoms. The molecule has 0 saturated carbocycles. The minimum Gasteiger partial charge on any atom is -0.480 e. The lowest BCUT2D eigenvalue weighted by atomic mass is 9.91. The van der Waals surface area contributed by atoms with Crippen molar-refractivity contribution in [2.45, 2.75) is 25.8 Å². The molecule has 1 saturated heterocycles. The quantitative estimate of drug-likeness (QED) is 0.657. The monoisotopic (exact) mass is 186 g/mol. The summed E-state index contributed by atoms with van der Waals surface area (Å²) in [5, 5.41) is 8.62. The average molecular weight is 186 g/mol. The van der Waals surface area contributed by atoms with Crippen molar-refractivity contribution in [1.82, 2.24) is 4.90 Å². The topological polar surface area (TPSA) is 66.6 Å². The van der Waals surface area contributed by atoms with Gasteiger partial charge >= 0.3 is 5.97 Å². The Morgan fingerprint density at radius 1 is 1.69 bits per heavy atom. The van der Waals surface area contributed by atoms with E-state index in [-0.39, 0.29) is 12.6 Å². The third-order valence-electron chi connectivity index (χ3n) is 2.76. The first-order valence-corrected chi connectivity index (χ1v) is 4.83. The normalized spacial score (nSPS) is 30.3. The number of rotatable bonds is 3. The summed E-state index contributed by atoms with van der Waals surface area (Å²) in [7, 11) is 0. The third-order valence-corrected chi connectivity index (χ3v) is 2.76. The number of hydrogen-bond acceptors (Lipinski definition) is 3. The minimum absolute atomic E-state index is 0.156. The summed E-state index contributed by atoms with van der Waals surface area (Å²) in [6, 6.07) is 0.259. The van der Waals surface area contributed by atoms with E-state index in [0.717, 1.165) is 25.9 Å². The summed E-state index contributed by atoms with van der Waals surface area (Å²) in [5.41, 5.74) is 5.91. The van der Waals surface area contributed by atoms with Crippen molar-refractivity contribution in [3.8, 4) is 0 Å². The van der Waals surface area contributed by atoms with E-state index in [0.29, 0.717) is 5.92 Å². The first-order valence-electron chi connectivity index (χ1n) is 4.83. The summed E-state index contributed by atoms with van der Waals surface area (Å²) in [5.74, 6) is -0.279. The van der Waals surface area contributed by atoms with Crippen LogP contribution in [0.5, 0.6) is 0 Å². The number of carboxylic acids is 1. The SMILES string of the molecule is CCC1CN(CC(=O)O)CCC1N. The lowest BCUT2D eigenvalue weighted by Gasteiger charge is -2.35. The van der Waals surface area contributed by atoms with Crippen molar-refractivity contribution in [2.75, 3.05) is 19.6 Å². The van der Waals surface area contributed by atoms with Crippen molar-refractivity contribution in [3.05, 3.63) is 0 Å². The molecule has 1 rings (SSSR count). The van der Waals surface area contributed by atoms with E-state index in [9.17, 15) is 4.79 Å². The molecule has 1 aliphatic rings. The van der Waals surface area contributed by atoms with Crippen molar-refractivity contribution in [3.63, 3.8) is 0 Å². The van der Waals surface area contributed by atoms with Gasteiger partial charge in [-0.3, -0.25) is 9.69 Å². The van der Waals surface area contributed by atoms with Gasteiger partial charge in [-0.25, -0.2) is 0 Å². The highest BCUT2D eigenvalue weighted by atomic mass is 16.4. The van der Waals surface area contributed by atoms with Gasteiger partial charge in [0.15, 0.2) is 0 Å². The Hall–Kier alpha value is -0.610. The largest absolute Gasteiger partial charge is 0.480 e. The van der Waals surface area contributed by atoms with E-state index in [1.807, 2.05) is 4.90 Å². The zero-order valence-electron chi connectivity index (χ0n) is 8.07. The number of hydrogen-bond donors (Lipinski definition) is 2. The fourth-order valence-corrected chi connectivity index (χ4v) is 1.89. The second-order valence-corrected chi connectivity index (χ2v) is 3.75. The van der Waals surface area contributed by atoms with Crippen LogP contribution in [0.15, 0.2) is 0 Å². The van der Waals surface area contributed by atoms with Crippen LogP contribution in [0.2, 0.25) is 0 Å². The molecule has 1 aliphatic heterocycles. The smallest absolute Gasteiger partial charge is 0.317 e. The molecule has 0 aliphatic carbocycles. The highest BCUT2D eigenvalue weighted by Crippen LogP contribution is 2.17. The van der Waals surface area contributed by atoms with Crippen molar-refractivity contribution in [2.24, 2.45) is 11.7 Å². The van der Waals surface area contributed by atoms with E-state index in [1.165, 1.54) is 0 Å². The summed E-state index contributed by atoms with van der Waals surface area (Å²) < 4.78 is 0. The first kappa shape index (κ1) is 10.5. The standard InChI is InChI=1S/C9H18N2O2/c1-2-7-5-11(6-9(12)13)4-3-8(7)10/h7-8H,2-6,10H2,1H3,(H,12,13). The molecule has 76 valence electrons. The molecule has 4 nitrogen and oxygen atoms in total. The van der Waals surface area contributed by atoms with Crippen LogP contribution in [-0.4, -0.2) is 41.7 Å². The predicted molar refractivity (Wildman–Crippen MR) is 50.4 cm³/mol. The fraction of sp³-hybridized carbons (Fsp3) is 0.889. The Morgan fingerprint density at radius 3 is 2.92 bits per heavy atom. The van der Waals surface area contributed by atoms with Crippen LogP contribution in [-0.2, 0) is 4.79 Å². The van der Waals surface area contributed by atoms with Gasteiger partial charge in [0.1, 0.15) is 0 Å². The van der Waals surface area contributed by atoms with Crippen LogP contribution in [0.4, 0.5) is 0 Å². The number of carboxylic acid groups (broad SMARTS) is 1. The predicted octanol–water partition coefficient (Wildman–Crippen LogP) is 0.130. The van der Waals surface area contributed by atoms with Crippen LogP contribution in [0.25, 0.3) is 0 Å². The summed E-state index contributed by atoms with van der Waals surface area (Å²) in [6.45, 7) is 3.92. The zero-order chi connectivity index (χ0) is 9.84. The third kappa shape index (κ3) is 2.97. The van der Waals surface area contributed by atoms with Gasteiger partial charge in [-0.2, -0.15) is 0 Å². The van der Waals surface area contributed by atoms with Crippen molar-refractivity contribution in [1.29, 1.82) is 0 Å². The van der Waals surface area contributed by atoms with Gasteiger partial charge in [0.25, 0.3) is 0 Å². The van der Waals surface area contributed by atoms with Gasteiger partial charge in [0.05, 0.1) is 6.54 Å². The van der Waals surface area contributed by atoms with Gasteiger partial charge in [0.2, 0.25) is 0 Å². The number of carbonyl (C=O) groups is 1. The highest BCUT2D eigenvalue weighted by Gasteiger charge is 2.25. The van der Waals surface area contributed by atoms with Crippen LogP contribution in [0.1, 0.15) is 19.8 Å². The molecule has 2 atom stereocenters. The maximum absolute atomic E-state index is 10.5. The number of nitrogens with zero attached hydrogens (tertiary/aromatic N) is 1. The molecule has 0 aromatic rings. The molecule has 0 aromatic heterocycles. The number of likely N-dealkylation sites (tertiary alicyclic amines) is 1. The molecule has 0 aromatic carbocycles. The van der Waals surface area contributed by atoms with Gasteiger partial charge in [-0.05, 0) is 12.3 Å². The molecule has 0 spiro atoms. The molecule has 2 unspecified atom stereocenters. The first-order chi connectivity index (χ1) is 6.13. The van der Waals surface area contributed by atoms with Crippen LogP contribution >= 0.6 is 0 Å². The summed E-state index contributed by atoms with van der Waals surface area (Å²) in [4.78, 5) is 12.4. The van der Waals surface area contributed by atoms with E-state index < -0.39 is 5.97 Å². The molecule has 1 fully saturated rings. The Kier molecular flexibility index (Phi) is 3.69. The maximum Gasteiger partial charge on any atom is 0.317 e. The second kappa shape index (κ2) is 4.58. The number of aliphatic carboxylic acids is 1. The van der Waals surface area contributed by atoms with E-state index >= 15 is 0 Å². The van der Waals surface area contributed by atoms with Gasteiger partial charge < -0.3 is 10.8 Å². The fourth-order valence-electron chi connectivity index (χ4n) is 1.89. The Bertz CT molecular complexity index is 184. The van der Waals surface area contributed by atoms with Crippen LogP contribution < -0.4 is 5.73 Å². The van der Waals surface area contributed by atoms with Gasteiger partial charge in [-0.15, -0.1) is 0 Å². The van der Waals surface area contributed by atoms with E-state index in [2.05, 4.69) is 6.92 Å². The maximum atomic E-state index is 10.5. The van der Waals surface area contributed by atoms with Crippen molar-refractivity contribution < 1.29 is 9.90 Å². The average Bonchev–Trinajstić information content (AvgIpc) is 2.07. The minimum atomic E-state index is -0.745. The zero-order valence-corrected chi connectivity index (χ0v) is 8.07.